The highest BCUT2D eigenvalue weighted by Gasteiger charge is 2.12. The molecule has 2 aromatic heterocycles. The van der Waals surface area contributed by atoms with Crippen LogP contribution in [0.2, 0.25) is 0 Å². The van der Waals surface area contributed by atoms with Crippen molar-refractivity contribution >= 4 is 34.1 Å². The van der Waals surface area contributed by atoms with Gasteiger partial charge in [0, 0.05) is 9.75 Å². The maximum atomic E-state index is 5.87. The summed E-state index contributed by atoms with van der Waals surface area (Å²) in [5, 5.41) is 3.27. The first-order chi connectivity index (χ1) is 9.13. The fraction of sp³-hybridized carbons (Fsp3) is 0.214. The Morgan fingerprint density at radius 2 is 2.16 bits per heavy atom. The molecule has 3 rings (SSSR count). The molecule has 3 aromatic rings. The molecule has 0 aliphatic carbocycles. The molecule has 0 aliphatic rings. The summed E-state index contributed by atoms with van der Waals surface area (Å²) in [4.78, 5) is 6.94. The number of nitrogens with one attached hydrogen (secondary N) is 1. The van der Waals surface area contributed by atoms with Crippen molar-refractivity contribution in [3.8, 4) is 0 Å². The fourth-order valence-electron chi connectivity index (χ4n) is 1.97. The SMILES string of the molecule is Cc1ccc(C(C)Nc2nc3c(N)cccc3o2)s1. The molecule has 0 saturated heterocycles. The zero-order valence-electron chi connectivity index (χ0n) is 10.8. The van der Waals surface area contributed by atoms with Gasteiger partial charge in [-0.25, -0.2) is 0 Å². The molecule has 0 bridgehead atoms. The first kappa shape index (κ1) is 12.0. The second-order valence-electron chi connectivity index (χ2n) is 4.53. The topological polar surface area (TPSA) is 64.1 Å². The van der Waals surface area contributed by atoms with E-state index in [2.05, 4.69) is 36.3 Å². The molecule has 1 atom stereocenters. The minimum absolute atomic E-state index is 0.160. The summed E-state index contributed by atoms with van der Waals surface area (Å²) in [6, 6.07) is 10.4. The predicted molar refractivity (Wildman–Crippen MR) is 79.5 cm³/mol. The summed E-state index contributed by atoms with van der Waals surface area (Å²) >= 11 is 1.77. The van der Waals surface area contributed by atoms with Crippen LogP contribution in [0.3, 0.4) is 0 Å². The maximum absolute atomic E-state index is 5.87. The molecule has 2 heterocycles. The van der Waals surface area contributed by atoms with Crippen LogP contribution in [0, 0.1) is 6.92 Å². The molecule has 0 spiro atoms. The Balaban J connectivity index is 1.87. The number of thiophene rings is 1. The standard InChI is InChI=1S/C14H15N3OS/c1-8-6-7-12(19-8)9(2)16-14-17-13-10(15)4-3-5-11(13)18-14/h3-7,9H,15H2,1-2H3,(H,16,17). The number of anilines is 2. The van der Waals surface area contributed by atoms with Crippen LogP contribution in [0.4, 0.5) is 11.7 Å². The Hall–Kier alpha value is -2.01. The van der Waals surface area contributed by atoms with E-state index in [4.69, 9.17) is 10.2 Å². The highest BCUT2D eigenvalue weighted by atomic mass is 32.1. The molecule has 0 fully saturated rings. The van der Waals surface area contributed by atoms with Crippen molar-refractivity contribution in [3.63, 3.8) is 0 Å². The first-order valence-corrected chi connectivity index (χ1v) is 6.93. The number of fused-ring (bicyclic) bond motifs is 1. The van der Waals surface area contributed by atoms with Crippen LogP contribution in [-0.4, -0.2) is 4.98 Å². The van der Waals surface area contributed by atoms with Gasteiger partial charge in [-0.1, -0.05) is 6.07 Å². The number of oxazole rings is 1. The van der Waals surface area contributed by atoms with Crippen molar-refractivity contribution in [1.29, 1.82) is 0 Å². The van der Waals surface area contributed by atoms with Crippen molar-refractivity contribution in [2.24, 2.45) is 0 Å². The van der Waals surface area contributed by atoms with E-state index in [1.165, 1.54) is 9.75 Å². The molecule has 0 radical (unpaired) electrons. The summed E-state index contributed by atoms with van der Waals surface area (Å²) in [6.07, 6.45) is 0. The van der Waals surface area contributed by atoms with Gasteiger partial charge in [-0.2, -0.15) is 4.98 Å². The lowest BCUT2D eigenvalue weighted by molar-refractivity contribution is 0.605. The lowest BCUT2D eigenvalue weighted by Gasteiger charge is -2.09. The number of hydrogen-bond donors (Lipinski definition) is 2. The molecule has 0 amide bonds. The second-order valence-corrected chi connectivity index (χ2v) is 5.85. The zero-order chi connectivity index (χ0) is 13.4. The van der Waals surface area contributed by atoms with E-state index in [0.29, 0.717) is 22.8 Å². The molecular weight excluding hydrogens is 258 g/mol. The summed E-state index contributed by atoms with van der Waals surface area (Å²) in [7, 11) is 0. The van der Waals surface area contributed by atoms with Gasteiger partial charge in [0.2, 0.25) is 0 Å². The van der Waals surface area contributed by atoms with E-state index in [-0.39, 0.29) is 6.04 Å². The van der Waals surface area contributed by atoms with Gasteiger partial charge >= 0.3 is 0 Å². The number of para-hydroxylation sites is 1. The minimum atomic E-state index is 0.160. The average molecular weight is 273 g/mol. The molecule has 19 heavy (non-hydrogen) atoms. The third-order valence-electron chi connectivity index (χ3n) is 2.98. The van der Waals surface area contributed by atoms with Crippen LogP contribution in [0.25, 0.3) is 11.1 Å². The van der Waals surface area contributed by atoms with Gasteiger partial charge in [-0.15, -0.1) is 11.3 Å². The van der Waals surface area contributed by atoms with Gasteiger partial charge in [-0.05, 0) is 38.1 Å². The number of hydrogen-bond acceptors (Lipinski definition) is 5. The number of nitrogens with zero attached hydrogens (tertiary/aromatic N) is 1. The van der Waals surface area contributed by atoms with Crippen LogP contribution >= 0.6 is 11.3 Å². The second kappa shape index (κ2) is 4.59. The van der Waals surface area contributed by atoms with Crippen LogP contribution in [0.1, 0.15) is 22.7 Å². The van der Waals surface area contributed by atoms with Crippen LogP contribution in [0.5, 0.6) is 0 Å². The molecule has 1 aromatic carbocycles. The van der Waals surface area contributed by atoms with Crippen LogP contribution in [-0.2, 0) is 0 Å². The van der Waals surface area contributed by atoms with Gasteiger partial charge in [0.05, 0.1) is 11.7 Å². The van der Waals surface area contributed by atoms with Gasteiger partial charge in [0.1, 0.15) is 5.52 Å². The lowest BCUT2D eigenvalue weighted by Crippen LogP contribution is -2.04. The zero-order valence-corrected chi connectivity index (χ0v) is 11.6. The van der Waals surface area contributed by atoms with Crippen LogP contribution in [0.15, 0.2) is 34.7 Å². The maximum Gasteiger partial charge on any atom is 0.296 e. The Morgan fingerprint density at radius 3 is 2.84 bits per heavy atom. The van der Waals surface area contributed by atoms with Crippen molar-refractivity contribution in [2.45, 2.75) is 19.9 Å². The van der Waals surface area contributed by atoms with Crippen molar-refractivity contribution < 1.29 is 4.42 Å². The molecule has 0 aliphatic heterocycles. The molecule has 5 heteroatoms. The summed E-state index contributed by atoms with van der Waals surface area (Å²) < 4.78 is 5.65. The monoisotopic (exact) mass is 273 g/mol. The molecule has 1 unspecified atom stereocenters. The Bertz CT molecular complexity index is 716. The molecule has 0 saturated carbocycles. The van der Waals surface area contributed by atoms with E-state index >= 15 is 0 Å². The summed E-state index contributed by atoms with van der Waals surface area (Å²) in [5.41, 5.74) is 7.91. The molecular formula is C14H15N3OS. The average Bonchev–Trinajstić information content (AvgIpc) is 2.96. The largest absolute Gasteiger partial charge is 0.423 e. The Labute approximate surface area is 115 Å². The summed E-state index contributed by atoms with van der Waals surface area (Å²) in [5.74, 6) is 0. The third-order valence-corrected chi connectivity index (χ3v) is 4.16. The van der Waals surface area contributed by atoms with Crippen LogP contribution < -0.4 is 11.1 Å². The number of aromatic nitrogens is 1. The smallest absolute Gasteiger partial charge is 0.296 e. The fourth-order valence-corrected chi connectivity index (χ4v) is 2.85. The third kappa shape index (κ3) is 2.29. The van der Waals surface area contributed by atoms with E-state index in [1.54, 1.807) is 11.3 Å². The van der Waals surface area contributed by atoms with Gasteiger partial charge < -0.3 is 15.5 Å². The van der Waals surface area contributed by atoms with Crippen molar-refractivity contribution in [3.05, 3.63) is 40.1 Å². The summed E-state index contributed by atoms with van der Waals surface area (Å²) in [6.45, 7) is 4.19. The van der Waals surface area contributed by atoms with E-state index < -0.39 is 0 Å². The minimum Gasteiger partial charge on any atom is -0.423 e. The quantitative estimate of drug-likeness (QED) is 0.709. The van der Waals surface area contributed by atoms with E-state index in [1.807, 2.05) is 18.2 Å². The number of nitrogens with two attached hydrogens (primary N) is 1. The number of rotatable bonds is 3. The van der Waals surface area contributed by atoms with Crippen molar-refractivity contribution in [1.82, 2.24) is 4.98 Å². The van der Waals surface area contributed by atoms with Gasteiger partial charge in [-0.3, -0.25) is 0 Å². The molecule has 98 valence electrons. The Kier molecular flexibility index (Phi) is 2.91. The molecule has 4 nitrogen and oxygen atoms in total. The highest BCUT2D eigenvalue weighted by Crippen LogP contribution is 2.28. The number of nitrogen functional groups attached to an aromatic ring is 1. The normalized spacial score (nSPS) is 12.7. The lowest BCUT2D eigenvalue weighted by atomic mass is 10.3. The predicted octanol–water partition coefficient (Wildman–Crippen LogP) is 3.95. The van der Waals surface area contributed by atoms with Gasteiger partial charge in [0.25, 0.3) is 6.01 Å². The van der Waals surface area contributed by atoms with Crippen molar-refractivity contribution in [2.75, 3.05) is 11.1 Å². The van der Waals surface area contributed by atoms with E-state index in [9.17, 15) is 0 Å². The Morgan fingerprint density at radius 1 is 1.32 bits per heavy atom. The van der Waals surface area contributed by atoms with Gasteiger partial charge in [0.15, 0.2) is 5.58 Å². The molecule has 3 N–H and O–H groups in total. The number of benzene rings is 1. The van der Waals surface area contributed by atoms with E-state index in [0.717, 1.165) is 0 Å². The number of aryl methyl sites for hydroxylation is 1. The highest BCUT2D eigenvalue weighted by molar-refractivity contribution is 7.12. The first-order valence-electron chi connectivity index (χ1n) is 6.11.